The van der Waals surface area contributed by atoms with Crippen LogP contribution in [0.15, 0.2) is 17.0 Å². The number of nitrogens with two attached hydrogens (primary N) is 1. The largest absolute Gasteiger partial charge is 0.399 e. The van der Waals surface area contributed by atoms with E-state index in [4.69, 9.17) is 5.73 Å². The Labute approximate surface area is 99.4 Å². The lowest BCUT2D eigenvalue weighted by atomic mass is 10.1. The van der Waals surface area contributed by atoms with Gasteiger partial charge in [-0.15, -0.1) is 11.8 Å². The second-order valence-electron chi connectivity index (χ2n) is 4.20. The van der Waals surface area contributed by atoms with Gasteiger partial charge in [-0.1, -0.05) is 20.3 Å². The summed E-state index contributed by atoms with van der Waals surface area (Å²) in [7, 11) is 0. The van der Waals surface area contributed by atoms with Gasteiger partial charge in [0.05, 0.1) is 4.90 Å². The first-order chi connectivity index (χ1) is 7.50. The zero-order chi connectivity index (χ0) is 12.1. The van der Waals surface area contributed by atoms with Gasteiger partial charge in [-0.2, -0.15) is 0 Å². The van der Waals surface area contributed by atoms with Crippen LogP contribution in [0.5, 0.6) is 0 Å². The van der Waals surface area contributed by atoms with Crippen LogP contribution in [0, 0.1) is 17.6 Å². The molecule has 16 heavy (non-hydrogen) atoms. The average Bonchev–Trinajstić information content (AvgIpc) is 2.14. The Balaban J connectivity index is 2.54. The van der Waals surface area contributed by atoms with Crippen molar-refractivity contribution in [2.24, 2.45) is 5.92 Å². The lowest BCUT2D eigenvalue weighted by Gasteiger charge is -2.07. The fraction of sp³-hybridized carbons (Fsp3) is 0.500. The van der Waals surface area contributed by atoms with Crippen molar-refractivity contribution in [1.29, 1.82) is 0 Å². The third-order valence-electron chi connectivity index (χ3n) is 2.19. The standard InChI is InChI=1S/C12H17F2NS/c1-8(2)4-3-5-16-12-10(13)6-9(15)7-11(12)14/h6-8H,3-5,15H2,1-2H3. The lowest BCUT2D eigenvalue weighted by Crippen LogP contribution is -1.95. The molecule has 0 fully saturated rings. The average molecular weight is 245 g/mol. The van der Waals surface area contributed by atoms with Gasteiger partial charge >= 0.3 is 0 Å². The highest BCUT2D eigenvalue weighted by Gasteiger charge is 2.10. The van der Waals surface area contributed by atoms with E-state index in [1.807, 2.05) is 0 Å². The van der Waals surface area contributed by atoms with E-state index in [2.05, 4.69) is 13.8 Å². The quantitative estimate of drug-likeness (QED) is 0.480. The van der Waals surface area contributed by atoms with Gasteiger partial charge in [0.1, 0.15) is 11.6 Å². The van der Waals surface area contributed by atoms with Crippen LogP contribution in [-0.4, -0.2) is 5.75 Å². The Kier molecular flexibility index (Phi) is 5.06. The molecule has 0 spiro atoms. The summed E-state index contributed by atoms with van der Waals surface area (Å²) < 4.78 is 26.7. The number of hydrogen-bond donors (Lipinski definition) is 1. The van der Waals surface area contributed by atoms with E-state index < -0.39 is 11.6 Å². The van der Waals surface area contributed by atoms with E-state index in [9.17, 15) is 8.78 Å². The number of hydrogen-bond acceptors (Lipinski definition) is 2. The molecule has 0 saturated heterocycles. The van der Waals surface area contributed by atoms with Gasteiger partial charge in [0.25, 0.3) is 0 Å². The number of halogens is 2. The Morgan fingerprint density at radius 2 is 1.81 bits per heavy atom. The molecule has 0 bridgehead atoms. The topological polar surface area (TPSA) is 26.0 Å². The number of anilines is 1. The van der Waals surface area contributed by atoms with Gasteiger partial charge in [-0.25, -0.2) is 8.78 Å². The molecule has 4 heteroatoms. The zero-order valence-electron chi connectivity index (χ0n) is 9.59. The summed E-state index contributed by atoms with van der Waals surface area (Å²) in [5.41, 5.74) is 5.46. The Bertz CT molecular complexity index is 330. The van der Waals surface area contributed by atoms with Crippen molar-refractivity contribution in [1.82, 2.24) is 0 Å². The summed E-state index contributed by atoms with van der Waals surface area (Å²) in [5, 5.41) is 0. The normalized spacial score (nSPS) is 11.1. The molecule has 1 nitrogen and oxygen atoms in total. The summed E-state index contributed by atoms with van der Waals surface area (Å²) in [6, 6.07) is 2.32. The molecule has 1 aromatic rings. The van der Waals surface area contributed by atoms with Gasteiger partial charge < -0.3 is 5.73 Å². The minimum atomic E-state index is -0.563. The molecule has 0 aliphatic rings. The Hall–Kier alpha value is -0.770. The molecule has 0 aliphatic heterocycles. The van der Waals surface area contributed by atoms with E-state index in [-0.39, 0.29) is 10.6 Å². The summed E-state index contributed by atoms with van der Waals surface area (Å²) >= 11 is 1.22. The van der Waals surface area contributed by atoms with E-state index in [1.54, 1.807) is 0 Å². The highest BCUT2D eigenvalue weighted by atomic mass is 32.2. The number of rotatable bonds is 5. The maximum absolute atomic E-state index is 13.4. The van der Waals surface area contributed by atoms with Crippen LogP contribution in [-0.2, 0) is 0 Å². The van der Waals surface area contributed by atoms with E-state index in [0.717, 1.165) is 30.7 Å². The molecule has 0 aromatic heterocycles. The molecule has 0 saturated carbocycles. The molecule has 0 aliphatic carbocycles. The summed E-state index contributed by atoms with van der Waals surface area (Å²) in [5.74, 6) is 0.233. The lowest BCUT2D eigenvalue weighted by molar-refractivity contribution is 0.541. The van der Waals surface area contributed by atoms with Crippen LogP contribution < -0.4 is 5.73 Å². The predicted octanol–water partition coefficient (Wildman–Crippen LogP) is 4.08. The Morgan fingerprint density at radius 3 is 2.31 bits per heavy atom. The molecule has 2 N–H and O–H groups in total. The van der Waals surface area contributed by atoms with Crippen molar-refractivity contribution in [2.75, 3.05) is 11.5 Å². The molecule has 1 rings (SSSR count). The number of nitrogen functional groups attached to an aromatic ring is 1. The second kappa shape index (κ2) is 6.09. The third-order valence-corrected chi connectivity index (χ3v) is 3.36. The van der Waals surface area contributed by atoms with Gasteiger partial charge in [-0.3, -0.25) is 0 Å². The van der Waals surface area contributed by atoms with E-state index >= 15 is 0 Å². The first-order valence-electron chi connectivity index (χ1n) is 5.38. The first-order valence-corrected chi connectivity index (χ1v) is 6.36. The molecule has 0 heterocycles. The maximum atomic E-state index is 13.4. The minimum Gasteiger partial charge on any atom is -0.399 e. The molecular weight excluding hydrogens is 228 g/mol. The summed E-state index contributed by atoms with van der Waals surface area (Å²) in [6.45, 7) is 4.27. The number of benzene rings is 1. The molecular formula is C12H17F2NS. The molecule has 0 atom stereocenters. The Morgan fingerprint density at radius 1 is 1.25 bits per heavy atom. The van der Waals surface area contributed by atoms with E-state index in [1.165, 1.54) is 11.8 Å². The molecule has 0 unspecified atom stereocenters. The van der Waals surface area contributed by atoms with Gasteiger partial charge in [0.15, 0.2) is 0 Å². The molecule has 90 valence electrons. The smallest absolute Gasteiger partial charge is 0.141 e. The highest BCUT2D eigenvalue weighted by molar-refractivity contribution is 7.99. The van der Waals surface area contributed by atoms with Crippen molar-refractivity contribution in [3.8, 4) is 0 Å². The van der Waals surface area contributed by atoms with E-state index in [0.29, 0.717) is 5.92 Å². The van der Waals surface area contributed by atoms with Crippen LogP contribution in [0.4, 0.5) is 14.5 Å². The zero-order valence-corrected chi connectivity index (χ0v) is 10.4. The maximum Gasteiger partial charge on any atom is 0.141 e. The SMILES string of the molecule is CC(C)CCCSc1c(F)cc(N)cc1F. The van der Waals surface area contributed by atoms with Crippen LogP contribution in [0.3, 0.4) is 0 Å². The fourth-order valence-electron chi connectivity index (χ4n) is 1.38. The molecule has 1 aromatic carbocycles. The third kappa shape index (κ3) is 4.00. The van der Waals surface area contributed by atoms with Crippen LogP contribution >= 0.6 is 11.8 Å². The minimum absolute atomic E-state index is 0.0814. The van der Waals surface area contributed by atoms with Crippen molar-refractivity contribution < 1.29 is 8.78 Å². The van der Waals surface area contributed by atoms with Gasteiger partial charge in [0.2, 0.25) is 0 Å². The van der Waals surface area contributed by atoms with Crippen LogP contribution in [0.2, 0.25) is 0 Å². The second-order valence-corrected chi connectivity index (χ2v) is 5.30. The van der Waals surface area contributed by atoms with Crippen molar-refractivity contribution >= 4 is 17.4 Å². The van der Waals surface area contributed by atoms with Crippen LogP contribution in [0.25, 0.3) is 0 Å². The van der Waals surface area contributed by atoms with Crippen molar-refractivity contribution in [3.05, 3.63) is 23.8 Å². The van der Waals surface area contributed by atoms with Crippen molar-refractivity contribution in [2.45, 2.75) is 31.6 Å². The van der Waals surface area contributed by atoms with Gasteiger partial charge in [0, 0.05) is 5.69 Å². The monoisotopic (exact) mass is 245 g/mol. The van der Waals surface area contributed by atoms with Crippen LogP contribution in [0.1, 0.15) is 26.7 Å². The molecule has 0 amide bonds. The molecule has 0 radical (unpaired) electrons. The number of thioether (sulfide) groups is 1. The van der Waals surface area contributed by atoms with Gasteiger partial charge in [-0.05, 0) is 30.2 Å². The first kappa shape index (κ1) is 13.3. The fourth-order valence-corrected chi connectivity index (χ4v) is 2.29. The predicted molar refractivity (Wildman–Crippen MR) is 65.6 cm³/mol. The highest BCUT2D eigenvalue weighted by Crippen LogP contribution is 2.28. The summed E-state index contributed by atoms with van der Waals surface area (Å²) in [6.07, 6.45) is 2.04. The van der Waals surface area contributed by atoms with Crippen molar-refractivity contribution in [3.63, 3.8) is 0 Å². The summed E-state index contributed by atoms with van der Waals surface area (Å²) in [4.78, 5) is 0.0814.